The third-order valence-corrected chi connectivity index (χ3v) is 16.6. The SMILES string of the molecule is COc1ccc(F)c(-c2ccc(COc3ccc4c(c3)C(C(C)C(=O)O)CC4)cc2C2=CCCC2(C)C)c1.COc1ccc(F)c(-c2ccc(COc3ccc4c(c3)C([C@H](C)C(=O)O)CC4)cc2C2=CCCC2(C)C)c1. The minimum Gasteiger partial charge on any atom is -0.497 e. The highest BCUT2D eigenvalue weighted by Gasteiger charge is 2.35. The van der Waals surface area contributed by atoms with Crippen molar-refractivity contribution in [1.82, 2.24) is 0 Å². The lowest BCUT2D eigenvalue weighted by molar-refractivity contribution is -0.142. The lowest BCUT2D eigenvalue weighted by Crippen LogP contribution is -2.17. The van der Waals surface area contributed by atoms with Gasteiger partial charge in [0.2, 0.25) is 0 Å². The maximum Gasteiger partial charge on any atom is 0.306 e. The first-order valence-electron chi connectivity index (χ1n) is 26.7. The highest BCUT2D eigenvalue weighted by Crippen LogP contribution is 2.50. The van der Waals surface area contributed by atoms with Crippen LogP contribution >= 0.6 is 0 Å². The van der Waals surface area contributed by atoms with Gasteiger partial charge in [0.1, 0.15) is 47.8 Å². The number of aliphatic carboxylic acids is 2. The van der Waals surface area contributed by atoms with Crippen molar-refractivity contribution < 1.29 is 47.5 Å². The molecule has 10 rings (SSSR count). The highest BCUT2D eigenvalue weighted by molar-refractivity contribution is 5.86. The Hall–Kier alpha value is -7.20. The van der Waals surface area contributed by atoms with E-state index in [2.05, 4.69) is 64.1 Å². The van der Waals surface area contributed by atoms with Crippen LogP contribution in [0.25, 0.3) is 33.4 Å². The van der Waals surface area contributed by atoms with Gasteiger partial charge in [-0.1, -0.05) is 90.1 Å². The van der Waals surface area contributed by atoms with Crippen LogP contribution in [0.3, 0.4) is 0 Å². The normalized spacial score (nSPS) is 18.6. The molecular weight excluding hydrogens is 959 g/mol. The molecule has 4 atom stereocenters. The molecule has 10 heteroatoms. The summed E-state index contributed by atoms with van der Waals surface area (Å²) in [5.41, 5.74) is 13.7. The van der Waals surface area contributed by atoms with Crippen molar-refractivity contribution in [2.24, 2.45) is 22.7 Å². The molecule has 6 aromatic carbocycles. The summed E-state index contributed by atoms with van der Waals surface area (Å²) in [7, 11) is 3.18. The Morgan fingerprint density at radius 1 is 0.526 bits per heavy atom. The topological polar surface area (TPSA) is 112 Å². The minimum absolute atomic E-state index is 0.00577. The van der Waals surface area contributed by atoms with E-state index in [1.165, 1.54) is 34.4 Å². The molecule has 0 aromatic heterocycles. The molecule has 0 amide bonds. The number of halogens is 2. The first kappa shape index (κ1) is 53.6. The van der Waals surface area contributed by atoms with Crippen LogP contribution in [0.15, 0.2) is 121 Å². The predicted octanol–water partition coefficient (Wildman–Crippen LogP) is 16.1. The van der Waals surface area contributed by atoms with Gasteiger partial charge in [0, 0.05) is 11.1 Å². The highest BCUT2D eigenvalue weighted by atomic mass is 19.1. The van der Waals surface area contributed by atoms with Gasteiger partial charge in [-0.05, 0) is 214 Å². The van der Waals surface area contributed by atoms with Crippen molar-refractivity contribution in [3.8, 4) is 45.3 Å². The van der Waals surface area contributed by atoms with Crippen LogP contribution in [-0.4, -0.2) is 36.4 Å². The smallest absolute Gasteiger partial charge is 0.306 e. The van der Waals surface area contributed by atoms with Gasteiger partial charge in [0.25, 0.3) is 0 Å². The quantitative estimate of drug-likeness (QED) is 0.0986. The van der Waals surface area contributed by atoms with E-state index in [0.29, 0.717) is 35.8 Å². The molecule has 3 unspecified atom stereocenters. The number of carbonyl (C=O) groups is 2. The summed E-state index contributed by atoms with van der Waals surface area (Å²) in [4.78, 5) is 23.2. The third kappa shape index (κ3) is 11.2. The van der Waals surface area contributed by atoms with Gasteiger partial charge >= 0.3 is 11.9 Å². The number of aryl methyl sites for hydroxylation is 2. The monoisotopic (exact) mass is 1030 g/mol. The minimum atomic E-state index is -0.765. The summed E-state index contributed by atoms with van der Waals surface area (Å²) in [6, 6.07) is 34.0. The van der Waals surface area contributed by atoms with Gasteiger partial charge in [0.15, 0.2) is 0 Å². The average molecular weight is 1030 g/mol. The fourth-order valence-electron chi connectivity index (χ4n) is 12.0. The average Bonchev–Trinajstić information content (AvgIpc) is 4.25. The number of ether oxygens (including phenoxy) is 4. The lowest BCUT2D eigenvalue weighted by atomic mass is 9.79. The Morgan fingerprint density at radius 2 is 0.921 bits per heavy atom. The van der Waals surface area contributed by atoms with Crippen LogP contribution in [-0.2, 0) is 35.6 Å². The standard InChI is InChI=1S/2C33H35FO4/c2*1-20(32(35)36)25-13-9-22-8-10-24(18-27(22)25)38-19-21-7-12-26(29-17-23(37-4)11-14-31(29)34)28(16-21)30-6-5-15-33(30,2)3/h2*6-8,10-12,14,16-18,20,25H,5,9,13,15,19H2,1-4H3,(H,35,36)/t20-,25?;/m0./s1. The summed E-state index contributed by atoms with van der Waals surface area (Å²) in [6.45, 7) is 13.2. The van der Waals surface area contributed by atoms with Gasteiger partial charge < -0.3 is 29.2 Å². The van der Waals surface area contributed by atoms with E-state index in [9.17, 15) is 19.8 Å². The van der Waals surface area contributed by atoms with Crippen molar-refractivity contribution >= 4 is 23.1 Å². The number of hydrogen-bond donors (Lipinski definition) is 2. The van der Waals surface area contributed by atoms with Gasteiger partial charge in [0.05, 0.1) is 26.1 Å². The van der Waals surface area contributed by atoms with E-state index in [-0.39, 0.29) is 34.3 Å². The first-order valence-corrected chi connectivity index (χ1v) is 26.7. The number of benzene rings is 6. The van der Waals surface area contributed by atoms with E-state index >= 15 is 8.78 Å². The molecule has 0 saturated carbocycles. The molecule has 2 N–H and O–H groups in total. The Kier molecular flexibility index (Phi) is 15.6. The molecule has 396 valence electrons. The third-order valence-electron chi connectivity index (χ3n) is 16.6. The van der Waals surface area contributed by atoms with Crippen molar-refractivity contribution in [2.75, 3.05) is 14.2 Å². The Morgan fingerprint density at radius 3 is 1.28 bits per heavy atom. The number of hydrogen-bond acceptors (Lipinski definition) is 6. The fraction of sp³-hybridized carbons (Fsp3) is 0.364. The number of allylic oxidation sites excluding steroid dienone is 4. The van der Waals surface area contributed by atoms with Crippen LogP contribution < -0.4 is 18.9 Å². The summed E-state index contributed by atoms with van der Waals surface area (Å²) in [5.74, 6) is -0.238. The van der Waals surface area contributed by atoms with Gasteiger partial charge in [-0.3, -0.25) is 9.59 Å². The lowest BCUT2D eigenvalue weighted by Gasteiger charge is -2.25. The number of carboxylic acids is 2. The molecular formula is C66H70F2O8. The van der Waals surface area contributed by atoms with Crippen molar-refractivity contribution in [3.05, 3.63) is 177 Å². The van der Waals surface area contributed by atoms with E-state index in [0.717, 1.165) is 107 Å². The molecule has 0 aliphatic heterocycles. The molecule has 4 aliphatic rings. The van der Waals surface area contributed by atoms with Gasteiger partial charge in [-0.25, -0.2) is 8.78 Å². The second-order valence-corrected chi connectivity index (χ2v) is 22.4. The molecule has 8 nitrogen and oxygen atoms in total. The second kappa shape index (κ2) is 22.2. The van der Waals surface area contributed by atoms with Crippen LogP contribution in [0.2, 0.25) is 0 Å². The molecule has 4 aliphatic carbocycles. The number of methoxy groups -OCH3 is 2. The molecule has 0 radical (unpaired) electrons. The van der Waals surface area contributed by atoms with Crippen molar-refractivity contribution in [2.45, 2.75) is 118 Å². The van der Waals surface area contributed by atoms with Crippen molar-refractivity contribution in [3.63, 3.8) is 0 Å². The summed E-state index contributed by atoms with van der Waals surface area (Å²) in [5, 5.41) is 19.1. The Bertz CT molecular complexity index is 3020. The van der Waals surface area contributed by atoms with Crippen LogP contribution in [0.5, 0.6) is 23.0 Å². The zero-order chi connectivity index (χ0) is 54.1. The summed E-state index contributed by atoms with van der Waals surface area (Å²) in [6.07, 6.45) is 12.1. The predicted molar refractivity (Wildman–Crippen MR) is 296 cm³/mol. The van der Waals surface area contributed by atoms with Crippen LogP contribution in [0.1, 0.15) is 136 Å². The first-order chi connectivity index (χ1) is 36.3. The van der Waals surface area contributed by atoms with E-state index < -0.39 is 23.8 Å². The number of carboxylic acid groups (broad SMARTS) is 2. The zero-order valence-corrected chi connectivity index (χ0v) is 45.0. The molecule has 0 saturated heterocycles. The Balaban J connectivity index is 0.000000186. The Labute approximate surface area is 446 Å². The molecule has 0 bridgehead atoms. The number of fused-ring (bicyclic) bond motifs is 2. The number of rotatable bonds is 16. The molecule has 0 spiro atoms. The largest absolute Gasteiger partial charge is 0.497 e. The second-order valence-electron chi connectivity index (χ2n) is 22.4. The van der Waals surface area contributed by atoms with E-state index in [4.69, 9.17) is 18.9 Å². The maximum atomic E-state index is 15.0. The molecule has 76 heavy (non-hydrogen) atoms. The van der Waals surface area contributed by atoms with E-state index in [1.807, 2.05) is 48.5 Å². The van der Waals surface area contributed by atoms with Gasteiger partial charge in [-0.2, -0.15) is 0 Å². The maximum absolute atomic E-state index is 15.0. The van der Waals surface area contributed by atoms with Crippen molar-refractivity contribution in [1.29, 1.82) is 0 Å². The molecule has 6 aromatic rings. The fourth-order valence-corrected chi connectivity index (χ4v) is 12.0. The van der Waals surface area contributed by atoms with E-state index in [1.54, 1.807) is 52.3 Å². The molecule has 0 heterocycles. The van der Waals surface area contributed by atoms with Crippen LogP contribution in [0, 0.1) is 34.3 Å². The zero-order valence-electron chi connectivity index (χ0n) is 45.0. The van der Waals surface area contributed by atoms with Gasteiger partial charge in [-0.15, -0.1) is 0 Å². The summed E-state index contributed by atoms with van der Waals surface area (Å²) < 4.78 is 53.3. The summed E-state index contributed by atoms with van der Waals surface area (Å²) >= 11 is 0. The molecule has 0 fully saturated rings. The van der Waals surface area contributed by atoms with Crippen LogP contribution in [0.4, 0.5) is 8.78 Å².